The van der Waals surface area contributed by atoms with E-state index in [0.29, 0.717) is 10.7 Å². The number of hydrogen-bond acceptors (Lipinski definition) is 5. The molecule has 0 bridgehead atoms. The number of thiazole rings is 1. The van der Waals surface area contributed by atoms with E-state index in [4.69, 9.17) is 0 Å². The molecule has 0 saturated heterocycles. The highest BCUT2D eigenvalue weighted by Gasteiger charge is 2.14. The third kappa shape index (κ3) is 4.03. The Bertz CT molecular complexity index is 828. The molecule has 3 aromatic rings. The second-order valence-electron chi connectivity index (χ2n) is 4.52. The van der Waals surface area contributed by atoms with Crippen molar-refractivity contribution in [2.45, 2.75) is 11.8 Å². The molecule has 0 fully saturated rings. The Morgan fingerprint density at radius 2 is 2.13 bits per heavy atom. The predicted octanol–water partition coefficient (Wildman–Crippen LogP) is 6.00. The Hall–Kier alpha value is -1.15. The van der Waals surface area contributed by atoms with Gasteiger partial charge >= 0.3 is 0 Å². The van der Waals surface area contributed by atoms with Gasteiger partial charge in [0.1, 0.15) is 0 Å². The van der Waals surface area contributed by atoms with E-state index in [9.17, 15) is 4.79 Å². The molecule has 0 radical (unpaired) electrons. The van der Waals surface area contributed by atoms with Crippen molar-refractivity contribution >= 4 is 61.4 Å². The summed E-state index contributed by atoms with van der Waals surface area (Å²) in [6.45, 7) is 2.08. The smallest absolute Gasteiger partial charge is 0.258 e. The van der Waals surface area contributed by atoms with Crippen LogP contribution in [0.25, 0.3) is 10.6 Å². The van der Waals surface area contributed by atoms with Crippen molar-refractivity contribution in [2.75, 3.05) is 11.1 Å². The fraction of sp³-hybridized carbons (Fsp3) is 0.125. The minimum atomic E-state index is -0.116. The molecule has 0 spiro atoms. The van der Waals surface area contributed by atoms with Crippen LogP contribution in [0.15, 0.2) is 50.5 Å². The number of benzene rings is 1. The molecule has 0 unspecified atom stereocenters. The van der Waals surface area contributed by atoms with Crippen LogP contribution in [0.3, 0.4) is 0 Å². The molecule has 2 heterocycles. The fourth-order valence-corrected chi connectivity index (χ4v) is 4.93. The zero-order valence-electron chi connectivity index (χ0n) is 12.2. The Morgan fingerprint density at radius 1 is 1.30 bits per heavy atom. The molecule has 1 aromatic carbocycles. The minimum absolute atomic E-state index is 0.116. The summed E-state index contributed by atoms with van der Waals surface area (Å²) in [5, 5.41) is 5.48. The van der Waals surface area contributed by atoms with Gasteiger partial charge < -0.3 is 0 Å². The van der Waals surface area contributed by atoms with Crippen molar-refractivity contribution in [1.29, 1.82) is 0 Å². The third-order valence-corrected chi connectivity index (χ3v) is 6.34. The average molecular weight is 425 g/mol. The molecule has 3 rings (SSSR count). The largest absolute Gasteiger partial charge is 0.298 e. The highest BCUT2D eigenvalue weighted by atomic mass is 79.9. The fourth-order valence-electron chi connectivity index (χ4n) is 2.00. The van der Waals surface area contributed by atoms with Crippen molar-refractivity contribution in [3.8, 4) is 10.6 Å². The van der Waals surface area contributed by atoms with Gasteiger partial charge in [-0.2, -0.15) is 0 Å². The van der Waals surface area contributed by atoms with Gasteiger partial charge in [-0.05, 0) is 45.9 Å². The molecular weight excluding hydrogens is 412 g/mol. The number of nitrogens with one attached hydrogen (secondary N) is 1. The van der Waals surface area contributed by atoms with Crippen LogP contribution >= 0.6 is 50.4 Å². The monoisotopic (exact) mass is 424 g/mol. The van der Waals surface area contributed by atoms with Gasteiger partial charge in [0.2, 0.25) is 0 Å². The number of rotatable bonds is 5. The molecule has 23 heavy (non-hydrogen) atoms. The Balaban J connectivity index is 1.77. The van der Waals surface area contributed by atoms with Crippen molar-refractivity contribution in [3.05, 3.63) is 51.1 Å². The normalized spacial score (nSPS) is 10.7. The highest BCUT2D eigenvalue weighted by molar-refractivity contribution is 9.11. The molecule has 1 N–H and O–H groups in total. The topological polar surface area (TPSA) is 42.0 Å². The Kier molecular flexibility index (Phi) is 5.53. The van der Waals surface area contributed by atoms with Crippen LogP contribution in [-0.4, -0.2) is 16.6 Å². The van der Waals surface area contributed by atoms with Crippen molar-refractivity contribution in [2.24, 2.45) is 0 Å². The first-order valence-electron chi connectivity index (χ1n) is 6.92. The summed E-state index contributed by atoms with van der Waals surface area (Å²) >= 11 is 8.18. The van der Waals surface area contributed by atoms with Gasteiger partial charge in [-0.15, -0.1) is 34.4 Å². The van der Waals surface area contributed by atoms with Crippen LogP contribution in [0.4, 0.5) is 5.13 Å². The number of aromatic nitrogens is 1. The van der Waals surface area contributed by atoms with Crippen LogP contribution < -0.4 is 5.32 Å². The van der Waals surface area contributed by atoms with Crippen LogP contribution in [0.5, 0.6) is 0 Å². The van der Waals surface area contributed by atoms with Gasteiger partial charge in [-0.3, -0.25) is 10.1 Å². The average Bonchev–Trinajstić information content (AvgIpc) is 3.17. The lowest BCUT2D eigenvalue weighted by Crippen LogP contribution is -2.12. The first kappa shape index (κ1) is 16.7. The van der Waals surface area contributed by atoms with E-state index < -0.39 is 0 Å². The lowest BCUT2D eigenvalue weighted by Gasteiger charge is -2.07. The molecule has 1 amide bonds. The standard InChI is InChI=1S/C16H13BrN2OS3/c1-2-21-12-6-4-3-5-10(12)15(20)19-16-18-11(9-22-16)13-7-8-14(17)23-13/h3-9H,2H2,1H3,(H,18,19,20). The van der Waals surface area contributed by atoms with Gasteiger partial charge in [0, 0.05) is 10.3 Å². The second-order valence-corrected chi connectivity index (χ2v) is 9.15. The van der Waals surface area contributed by atoms with E-state index in [1.165, 1.54) is 11.3 Å². The molecule has 0 atom stereocenters. The van der Waals surface area contributed by atoms with Gasteiger partial charge in [-0.25, -0.2) is 4.98 Å². The summed E-state index contributed by atoms with van der Waals surface area (Å²) in [6.07, 6.45) is 0. The Labute approximate surface area is 155 Å². The molecule has 0 saturated carbocycles. The summed E-state index contributed by atoms with van der Waals surface area (Å²) in [7, 11) is 0. The lowest BCUT2D eigenvalue weighted by molar-refractivity contribution is 0.102. The highest BCUT2D eigenvalue weighted by Crippen LogP contribution is 2.33. The van der Waals surface area contributed by atoms with Gasteiger partial charge in [0.15, 0.2) is 5.13 Å². The first-order valence-corrected chi connectivity index (χ1v) is 10.4. The zero-order chi connectivity index (χ0) is 16.2. The van der Waals surface area contributed by atoms with E-state index in [1.807, 2.05) is 41.8 Å². The van der Waals surface area contributed by atoms with Crippen LogP contribution in [0.1, 0.15) is 17.3 Å². The SMILES string of the molecule is CCSc1ccccc1C(=O)Nc1nc(-c2ccc(Br)s2)cs1. The number of thiophene rings is 1. The number of amides is 1. The summed E-state index contributed by atoms with van der Waals surface area (Å²) in [5.41, 5.74) is 1.58. The van der Waals surface area contributed by atoms with Crippen molar-refractivity contribution < 1.29 is 4.79 Å². The van der Waals surface area contributed by atoms with Crippen LogP contribution in [-0.2, 0) is 0 Å². The molecule has 0 aliphatic heterocycles. The maximum absolute atomic E-state index is 12.5. The number of carbonyl (C=O) groups excluding carboxylic acids is 1. The number of halogens is 1. The summed E-state index contributed by atoms with van der Waals surface area (Å²) in [4.78, 5) is 19.1. The molecule has 2 aromatic heterocycles. The maximum Gasteiger partial charge on any atom is 0.258 e. The van der Waals surface area contributed by atoms with Gasteiger partial charge in [-0.1, -0.05) is 19.1 Å². The van der Waals surface area contributed by atoms with E-state index in [1.54, 1.807) is 23.1 Å². The van der Waals surface area contributed by atoms with Crippen LogP contribution in [0.2, 0.25) is 0 Å². The van der Waals surface area contributed by atoms with Crippen molar-refractivity contribution in [3.63, 3.8) is 0 Å². The second kappa shape index (κ2) is 7.61. The maximum atomic E-state index is 12.5. The number of thioether (sulfide) groups is 1. The van der Waals surface area contributed by atoms with Crippen LogP contribution in [0, 0.1) is 0 Å². The lowest BCUT2D eigenvalue weighted by atomic mass is 10.2. The molecule has 0 aliphatic carbocycles. The van der Waals surface area contributed by atoms with Gasteiger partial charge in [0.25, 0.3) is 5.91 Å². The Morgan fingerprint density at radius 3 is 2.87 bits per heavy atom. The summed E-state index contributed by atoms with van der Waals surface area (Å²) in [5.74, 6) is 0.814. The van der Waals surface area contributed by atoms with E-state index in [2.05, 4.69) is 33.2 Å². The molecule has 7 heteroatoms. The predicted molar refractivity (Wildman–Crippen MR) is 104 cm³/mol. The summed E-state index contributed by atoms with van der Waals surface area (Å²) in [6, 6.07) is 11.7. The number of nitrogens with zero attached hydrogens (tertiary/aromatic N) is 1. The third-order valence-electron chi connectivity index (χ3n) is 2.98. The minimum Gasteiger partial charge on any atom is -0.298 e. The molecular formula is C16H13BrN2OS3. The first-order chi connectivity index (χ1) is 11.2. The molecule has 0 aliphatic rings. The number of anilines is 1. The quantitative estimate of drug-likeness (QED) is 0.510. The van der Waals surface area contributed by atoms with E-state index in [0.717, 1.165) is 25.0 Å². The summed E-state index contributed by atoms with van der Waals surface area (Å²) < 4.78 is 1.07. The van der Waals surface area contributed by atoms with Gasteiger partial charge in [0.05, 0.1) is 19.9 Å². The number of carbonyl (C=O) groups is 1. The molecule has 3 nitrogen and oxygen atoms in total. The zero-order valence-corrected chi connectivity index (χ0v) is 16.2. The molecule has 118 valence electrons. The number of hydrogen-bond donors (Lipinski definition) is 1. The van der Waals surface area contributed by atoms with Crippen molar-refractivity contribution in [1.82, 2.24) is 4.98 Å². The van der Waals surface area contributed by atoms with E-state index in [-0.39, 0.29) is 5.91 Å². The van der Waals surface area contributed by atoms with E-state index >= 15 is 0 Å².